The molecule has 0 aliphatic carbocycles. The molecule has 110 valence electrons. The standard InChI is InChI=1S/C14H14N2O4S/c1-8-11(12(15)21-16-8)14(18)20-7-9-3-5-10(6-4-9)13(17)19-2/h3-6H,7,15H2,1-2H3. The van der Waals surface area contributed by atoms with Crippen LogP contribution in [0.25, 0.3) is 0 Å². The van der Waals surface area contributed by atoms with E-state index in [0.717, 1.165) is 17.1 Å². The Bertz CT molecular complexity index is 645. The number of carbonyl (C=O) groups is 2. The molecule has 1 aromatic carbocycles. The summed E-state index contributed by atoms with van der Waals surface area (Å²) >= 11 is 1.06. The maximum Gasteiger partial charge on any atom is 0.343 e. The second kappa shape index (κ2) is 6.36. The van der Waals surface area contributed by atoms with Gasteiger partial charge in [0.1, 0.15) is 17.2 Å². The van der Waals surface area contributed by atoms with Crippen LogP contribution in [0.2, 0.25) is 0 Å². The molecule has 0 spiro atoms. The molecule has 0 saturated heterocycles. The van der Waals surface area contributed by atoms with Crippen molar-refractivity contribution in [2.45, 2.75) is 13.5 Å². The van der Waals surface area contributed by atoms with Crippen molar-refractivity contribution in [1.29, 1.82) is 0 Å². The van der Waals surface area contributed by atoms with Crippen molar-refractivity contribution in [2.75, 3.05) is 12.8 Å². The fraction of sp³-hybridized carbons (Fsp3) is 0.214. The number of hydrogen-bond donors (Lipinski definition) is 1. The Labute approximate surface area is 125 Å². The van der Waals surface area contributed by atoms with Crippen LogP contribution in [0.15, 0.2) is 24.3 Å². The Balaban J connectivity index is 2.00. The van der Waals surface area contributed by atoms with Crippen molar-refractivity contribution in [3.05, 3.63) is 46.6 Å². The summed E-state index contributed by atoms with van der Waals surface area (Å²) in [5, 5.41) is 0.346. The van der Waals surface area contributed by atoms with Crippen LogP contribution < -0.4 is 5.73 Å². The van der Waals surface area contributed by atoms with Crippen LogP contribution in [0.3, 0.4) is 0 Å². The van der Waals surface area contributed by atoms with Crippen LogP contribution in [0, 0.1) is 6.92 Å². The quantitative estimate of drug-likeness (QED) is 0.870. The number of methoxy groups -OCH3 is 1. The highest BCUT2D eigenvalue weighted by Crippen LogP contribution is 2.22. The Hall–Kier alpha value is -2.41. The first-order chi connectivity index (χ1) is 10.0. The summed E-state index contributed by atoms with van der Waals surface area (Å²) in [5.41, 5.74) is 7.75. The molecule has 0 fully saturated rings. The zero-order valence-electron chi connectivity index (χ0n) is 11.6. The molecule has 0 amide bonds. The normalized spacial score (nSPS) is 10.2. The molecule has 0 aliphatic rings. The fourth-order valence-electron chi connectivity index (χ4n) is 1.71. The minimum Gasteiger partial charge on any atom is -0.465 e. The minimum absolute atomic E-state index is 0.0923. The van der Waals surface area contributed by atoms with Gasteiger partial charge in [0.2, 0.25) is 0 Å². The maximum absolute atomic E-state index is 11.9. The number of esters is 2. The zero-order valence-corrected chi connectivity index (χ0v) is 12.4. The third kappa shape index (κ3) is 3.38. The Kier molecular flexibility index (Phi) is 4.54. The topological polar surface area (TPSA) is 91.5 Å². The zero-order chi connectivity index (χ0) is 15.4. The van der Waals surface area contributed by atoms with Crippen molar-refractivity contribution in [1.82, 2.24) is 4.37 Å². The minimum atomic E-state index is -0.504. The highest BCUT2D eigenvalue weighted by molar-refractivity contribution is 7.10. The van der Waals surface area contributed by atoms with Crippen LogP contribution >= 0.6 is 11.5 Å². The van der Waals surface area contributed by atoms with E-state index < -0.39 is 11.9 Å². The van der Waals surface area contributed by atoms with Crippen LogP contribution in [0.1, 0.15) is 32.0 Å². The smallest absolute Gasteiger partial charge is 0.343 e. The molecule has 0 aliphatic heterocycles. The van der Waals surface area contributed by atoms with E-state index in [1.54, 1.807) is 31.2 Å². The summed E-state index contributed by atoms with van der Waals surface area (Å²) in [6, 6.07) is 6.62. The number of anilines is 1. The predicted octanol–water partition coefficient (Wildman–Crippen LogP) is 2.18. The van der Waals surface area contributed by atoms with Gasteiger partial charge in [0.05, 0.1) is 18.4 Å². The Morgan fingerprint density at radius 2 is 1.90 bits per heavy atom. The van der Waals surface area contributed by atoms with Crippen LogP contribution in [-0.2, 0) is 16.1 Å². The average molecular weight is 306 g/mol. The second-order valence-corrected chi connectivity index (χ2v) is 5.08. The third-order valence-corrected chi connectivity index (χ3v) is 3.60. The number of rotatable bonds is 4. The molecule has 2 rings (SSSR count). The van der Waals surface area contributed by atoms with Gasteiger partial charge < -0.3 is 15.2 Å². The monoisotopic (exact) mass is 306 g/mol. The molecule has 1 aromatic heterocycles. The van der Waals surface area contributed by atoms with Gasteiger partial charge in [0, 0.05) is 0 Å². The molecule has 0 atom stereocenters. The van der Waals surface area contributed by atoms with Crippen molar-refractivity contribution >= 4 is 28.5 Å². The highest BCUT2D eigenvalue weighted by atomic mass is 32.1. The van der Waals surface area contributed by atoms with Crippen molar-refractivity contribution in [2.24, 2.45) is 0 Å². The van der Waals surface area contributed by atoms with Crippen molar-refractivity contribution < 1.29 is 19.1 Å². The summed E-state index contributed by atoms with van der Waals surface area (Å²) in [7, 11) is 1.32. The number of nitrogen functional groups attached to an aromatic ring is 1. The van der Waals surface area contributed by atoms with Gasteiger partial charge in [-0.15, -0.1) is 0 Å². The molecule has 7 heteroatoms. The lowest BCUT2D eigenvalue weighted by molar-refractivity contribution is 0.0472. The molecule has 2 N–H and O–H groups in total. The number of carbonyl (C=O) groups excluding carboxylic acids is 2. The van der Waals surface area contributed by atoms with E-state index in [1.807, 2.05) is 0 Å². The summed E-state index contributed by atoms with van der Waals surface area (Å²) < 4.78 is 13.8. The highest BCUT2D eigenvalue weighted by Gasteiger charge is 2.18. The van der Waals surface area contributed by atoms with Crippen LogP contribution in [0.4, 0.5) is 5.00 Å². The first kappa shape index (κ1) is 15.0. The summed E-state index contributed by atoms with van der Waals surface area (Å²) in [4.78, 5) is 23.2. The van der Waals surface area contributed by atoms with Gasteiger partial charge in [0.25, 0.3) is 0 Å². The van der Waals surface area contributed by atoms with Crippen molar-refractivity contribution in [3.8, 4) is 0 Å². The fourth-order valence-corrected chi connectivity index (χ4v) is 2.36. The van der Waals surface area contributed by atoms with Gasteiger partial charge in [-0.1, -0.05) is 12.1 Å². The van der Waals surface area contributed by atoms with Gasteiger partial charge in [-0.2, -0.15) is 4.37 Å². The van der Waals surface area contributed by atoms with E-state index in [0.29, 0.717) is 21.8 Å². The molecular weight excluding hydrogens is 292 g/mol. The first-order valence-corrected chi connectivity index (χ1v) is 6.86. The average Bonchev–Trinajstić information content (AvgIpc) is 2.83. The van der Waals surface area contributed by atoms with E-state index in [2.05, 4.69) is 9.11 Å². The van der Waals surface area contributed by atoms with Gasteiger partial charge in [-0.3, -0.25) is 0 Å². The number of nitrogens with zero attached hydrogens (tertiary/aromatic N) is 1. The van der Waals surface area contributed by atoms with Gasteiger partial charge >= 0.3 is 11.9 Å². The lowest BCUT2D eigenvalue weighted by Gasteiger charge is -2.06. The second-order valence-electron chi connectivity index (χ2n) is 4.27. The maximum atomic E-state index is 11.9. The first-order valence-electron chi connectivity index (χ1n) is 6.09. The number of hydrogen-bond acceptors (Lipinski definition) is 7. The van der Waals surface area contributed by atoms with E-state index >= 15 is 0 Å². The largest absolute Gasteiger partial charge is 0.465 e. The van der Waals surface area contributed by atoms with Crippen molar-refractivity contribution in [3.63, 3.8) is 0 Å². The van der Waals surface area contributed by atoms with E-state index in [-0.39, 0.29) is 6.61 Å². The number of nitrogens with two attached hydrogens (primary N) is 1. The Morgan fingerprint density at radius 3 is 2.43 bits per heavy atom. The molecule has 0 saturated carbocycles. The number of benzene rings is 1. The van der Waals surface area contributed by atoms with E-state index in [4.69, 9.17) is 10.5 Å². The van der Waals surface area contributed by atoms with Crippen LogP contribution in [0.5, 0.6) is 0 Å². The SMILES string of the molecule is COC(=O)c1ccc(COC(=O)c2c(C)nsc2N)cc1. The molecule has 1 heterocycles. The summed E-state index contributed by atoms with van der Waals surface area (Å²) in [6.45, 7) is 1.80. The lowest BCUT2D eigenvalue weighted by Crippen LogP contribution is -2.08. The molecule has 21 heavy (non-hydrogen) atoms. The van der Waals surface area contributed by atoms with E-state index in [9.17, 15) is 9.59 Å². The van der Waals surface area contributed by atoms with Gasteiger partial charge in [-0.05, 0) is 36.2 Å². The predicted molar refractivity (Wildman–Crippen MR) is 78.2 cm³/mol. The molecular formula is C14H14N2O4S. The lowest BCUT2D eigenvalue weighted by atomic mass is 10.1. The molecule has 0 radical (unpaired) electrons. The Morgan fingerprint density at radius 1 is 1.24 bits per heavy atom. The number of aryl methyl sites for hydroxylation is 1. The number of aromatic nitrogens is 1. The van der Waals surface area contributed by atoms with E-state index in [1.165, 1.54) is 7.11 Å². The van der Waals surface area contributed by atoms with Crippen LogP contribution in [-0.4, -0.2) is 23.4 Å². The summed E-state index contributed by atoms with van der Waals surface area (Å²) in [6.07, 6.45) is 0. The molecule has 0 unspecified atom stereocenters. The third-order valence-electron chi connectivity index (χ3n) is 2.84. The molecule has 6 nitrogen and oxygen atoms in total. The molecule has 0 bridgehead atoms. The molecule has 2 aromatic rings. The summed E-state index contributed by atoms with van der Waals surface area (Å²) in [5.74, 6) is -0.915. The van der Waals surface area contributed by atoms with Gasteiger partial charge in [0.15, 0.2) is 0 Å². The number of ether oxygens (including phenoxy) is 2. The van der Waals surface area contributed by atoms with Gasteiger partial charge in [-0.25, -0.2) is 9.59 Å².